The van der Waals surface area contributed by atoms with Crippen LogP contribution in [0.1, 0.15) is 63.3 Å². The summed E-state index contributed by atoms with van der Waals surface area (Å²) in [5.74, 6) is 1.65. The van der Waals surface area contributed by atoms with Crippen molar-refractivity contribution < 1.29 is 9.32 Å². The van der Waals surface area contributed by atoms with E-state index in [4.69, 9.17) is 4.52 Å². The summed E-state index contributed by atoms with van der Waals surface area (Å²) in [4.78, 5) is 16.1. The molecular formula is C17H29N5O2. The molecule has 1 aliphatic carbocycles. The van der Waals surface area contributed by atoms with Gasteiger partial charge in [-0.1, -0.05) is 38.3 Å². The number of rotatable bonds is 6. The number of carbonyl (C=O) groups is 1. The van der Waals surface area contributed by atoms with Crippen LogP contribution in [-0.2, 0) is 11.3 Å². The summed E-state index contributed by atoms with van der Waals surface area (Å²) in [5.41, 5.74) is 0.932. The number of nitrogens with zero attached hydrogens (tertiary/aromatic N) is 2. The molecule has 0 saturated heterocycles. The summed E-state index contributed by atoms with van der Waals surface area (Å²) in [6.45, 7) is 4.83. The lowest BCUT2D eigenvalue weighted by Gasteiger charge is -2.23. The van der Waals surface area contributed by atoms with Gasteiger partial charge in [-0.3, -0.25) is 9.79 Å². The third-order valence-electron chi connectivity index (χ3n) is 4.21. The Kier molecular flexibility index (Phi) is 7.08. The molecule has 1 heterocycles. The van der Waals surface area contributed by atoms with E-state index >= 15 is 0 Å². The van der Waals surface area contributed by atoms with E-state index in [0.717, 1.165) is 24.3 Å². The highest BCUT2D eigenvalue weighted by Crippen LogP contribution is 2.17. The van der Waals surface area contributed by atoms with Crippen LogP contribution in [0.2, 0.25) is 0 Å². The van der Waals surface area contributed by atoms with Crippen molar-refractivity contribution in [2.45, 2.75) is 64.5 Å². The molecule has 0 spiro atoms. The van der Waals surface area contributed by atoms with Gasteiger partial charge in [-0.15, -0.1) is 0 Å². The molecule has 0 aromatic carbocycles. The van der Waals surface area contributed by atoms with Crippen LogP contribution < -0.4 is 16.0 Å². The second-order valence-corrected chi connectivity index (χ2v) is 6.55. The Balaban J connectivity index is 1.70. The van der Waals surface area contributed by atoms with Crippen LogP contribution in [-0.4, -0.2) is 36.7 Å². The molecule has 1 aromatic rings. The highest BCUT2D eigenvalue weighted by molar-refractivity contribution is 5.86. The fraction of sp³-hybridized carbons (Fsp3) is 0.706. The topological polar surface area (TPSA) is 91.5 Å². The van der Waals surface area contributed by atoms with E-state index in [-0.39, 0.29) is 12.5 Å². The highest BCUT2D eigenvalue weighted by atomic mass is 16.5. The Hall–Kier alpha value is -2.05. The average Bonchev–Trinajstić information content (AvgIpc) is 3.05. The number of carbonyl (C=O) groups excluding carboxylic acids is 1. The average molecular weight is 335 g/mol. The maximum absolute atomic E-state index is 12.0. The van der Waals surface area contributed by atoms with Gasteiger partial charge in [0.1, 0.15) is 0 Å². The summed E-state index contributed by atoms with van der Waals surface area (Å²) >= 11 is 0. The first kappa shape index (κ1) is 18.3. The van der Waals surface area contributed by atoms with E-state index in [2.05, 4.69) is 39.9 Å². The Bertz CT molecular complexity index is 547. The zero-order valence-corrected chi connectivity index (χ0v) is 14.9. The van der Waals surface area contributed by atoms with E-state index in [1.54, 1.807) is 7.05 Å². The van der Waals surface area contributed by atoms with Crippen LogP contribution in [0.25, 0.3) is 0 Å². The SMILES string of the molecule is CN=C(NCC(=O)NC1CCCCC1)NCc1cc(C(C)C)no1. The summed E-state index contributed by atoms with van der Waals surface area (Å²) in [7, 11) is 1.67. The lowest BCUT2D eigenvalue weighted by molar-refractivity contribution is -0.120. The number of nitrogens with one attached hydrogen (secondary N) is 3. The van der Waals surface area contributed by atoms with Crippen LogP contribution in [0.4, 0.5) is 0 Å². The first-order chi connectivity index (χ1) is 11.6. The van der Waals surface area contributed by atoms with Crippen molar-refractivity contribution in [2.75, 3.05) is 13.6 Å². The molecule has 0 atom stereocenters. The summed E-state index contributed by atoms with van der Waals surface area (Å²) in [6, 6.07) is 2.26. The molecule has 1 saturated carbocycles. The Labute approximate surface area is 143 Å². The summed E-state index contributed by atoms with van der Waals surface area (Å²) < 4.78 is 5.27. The van der Waals surface area contributed by atoms with Gasteiger partial charge in [0.05, 0.1) is 18.8 Å². The largest absolute Gasteiger partial charge is 0.359 e. The van der Waals surface area contributed by atoms with E-state index in [1.165, 1.54) is 19.3 Å². The molecule has 1 aliphatic rings. The van der Waals surface area contributed by atoms with Crippen molar-refractivity contribution in [1.29, 1.82) is 0 Å². The summed E-state index contributed by atoms with van der Waals surface area (Å²) in [5, 5.41) is 13.2. The van der Waals surface area contributed by atoms with E-state index in [9.17, 15) is 4.79 Å². The fourth-order valence-electron chi connectivity index (χ4n) is 2.77. The minimum absolute atomic E-state index is 0.00612. The molecule has 3 N–H and O–H groups in total. The molecule has 1 amide bonds. The number of hydrogen-bond acceptors (Lipinski definition) is 4. The normalized spacial score (nSPS) is 16.2. The van der Waals surface area contributed by atoms with Crippen LogP contribution in [0.15, 0.2) is 15.6 Å². The minimum Gasteiger partial charge on any atom is -0.359 e. The maximum atomic E-state index is 12.0. The number of hydrogen-bond donors (Lipinski definition) is 3. The van der Waals surface area contributed by atoms with Gasteiger partial charge in [-0.25, -0.2) is 0 Å². The molecule has 134 valence electrons. The Morgan fingerprint density at radius 3 is 2.71 bits per heavy atom. The zero-order valence-electron chi connectivity index (χ0n) is 14.9. The van der Waals surface area contributed by atoms with Crippen LogP contribution >= 0.6 is 0 Å². The molecule has 2 rings (SSSR count). The first-order valence-corrected chi connectivity index (χ1v) is 8.78. The van der Waals surface area contributed by atoms with Crippen molar-refractivity contribution in [1.82, 2.24) is 21.1 Å². The number of aliphatic imine (C=N–C) groups is 1. The minimum atomic E-state index is 0.00612. The van der Waals surface area contributed by atoms with E-state index in [0.29, 0.717) is 24.5 Å². The van der Waals surface area contributed by atoms with Crippen molar-refractivity contribution in [3.8, 4) is 0 Å². The number of aromatic nitrogens is 1. The Morgan fingerprint density at radius 1 is 1.33 bits per heavy atom. The smallest absolute Gasteiger partial charge is 0.239 e. The van der Waals surface area contributed by atoms with Crippen molar-refractivity contribution in [2.24, 2.45) is 4.99 Å². The maximum Gasteiger partial charge on any atom is 0.239 e. The second-order valence-electron chi connectivity index (χ2n) is 6.55. The van der Waals surface area contributed by atoms with Gasteiger partial charge in [0.2, 0.25) is 5.91 Å². The van der Waals surface area contributed by atoms with Crippen molar-refractivity contribution in [3.05, 3.63) is 17.5 Å². The van der Waals surface area contributed by atoms with Crippen LogP contribution in [0.5, 0.6) is 0 Å². The van der Waals surface area contributed by atoms with Gasteiger partial charge >= 0.3 is 0 Å². The van der Waals surface area contributed by atoms with E-state index < -0.39 is 0 Å². The quantitative estimate of drug-likeness (QED) is 0.546. The molecule has 7 nitrogen and oxygen atoms in total. The molecule has 0 unspecified atom stereocenters. The lowest BCUT2D eigenvalue weighted by atomic mass is 9.95. The third kappa shape index (κ3) is 5.86. The first-order valence-electron chi connectivity index (χ1n) is 8.78. The standard InChI is InChI=1S/C17H29N5O2/c1-12(2)15-9-14(24-22-15)10-19-17(18-3)20-11-16(23)21-13-7-5-4-6-8-13/h9,12-13H,4-8,10-11H2,1-3H3,(H,21,23)(H2,18,19,20). The number of guanidine groups is 1. The van der Waals surface area contributed by atoms with Crippen LogP contribution in [0.3, 0.4) is 0 Å². The fourth-order valence-corrected chi connectivity index (χ4v) is 2.77. The molecule has 24 heavy (non-hydrogen) atoms. The van der Waals surface area contributed by atoms with Gasteiger partial charge in [0.25, 0.3) is 0 Å². The predicted octanol–water partition coefficient (Wildman–Crippen LogP) is 1.91. The van der Waals surface area contributed by atoms with Crippen molar-refractivity contribution >= 4 is 11.9 Å². The molecule has 7 heteroatoms. The zero-order chi connectivity index (χ0) is 17.4. The van der Waals surface area contributed by atoms with Crippen LogP contribution in [0, 0.1) is 0 Å². The van der Waals surface area contributed by atoms with Gasteiger partial charge in [-0.05, 0) is 18.8 Å². The summed E-state index contributed by atoms with van der Waals surface area (Å²) in [6.07, 6.45) is 5.86. The molecular weight excluding hydrogens is 306 g/mol. The molecule has 1 aromatic heterocycles. The van der Waals surface area contributed by atoms with Gasteiger partial charge in [0.15, 0.2) is 11.7 Å². The van der Waals surface area contributed by atoms with Gasteiger partial charge < -0.3 is 20.5 Å². The molecule has 0 aliphatic heterocycles. The molecule has 0 bridgehead atoms. The molecule has 0 radical (unpaired) electrons. The second kappa shape index (κ2) is 9.30. The third-order valence-corrected chi connectivity index (χ3v) is 4.21. The van der Waals surface area contributed by atoms with Gasteiger partial charge in [-0.2, -0.15) is 0 Å². The van der Waals surface area contributed by atoms with Gasteiger partial charge in [0, 0.05) is 19.2 Å². The van der Waals surface area contributed by atoms with Crippen molar-refractivity contribution in [3.63, 3.8) is 0 Å². The van der Waals surface area contributed by atoms with E-state index in [1.807, 2.05) is 6.07 Å². The number of amides is 1. The predicted molar refractivity (Wildman–Crippen MR) is 93.8 cm³/mol. The Morgan fingerprint density at radius 2 is 2.08 bits per heavy atom. The monoisotopic (exact) mass is 335 g/mol. The highest BCUT2D eigenvalue weighted by Gasteiger charge is 2.15. The lowest BCUT2D eigenvalue weighted by Crippen LogP contribution is -2.45. The molecule has 1 fully saturated rings.